The maximum Gasteiger partial charge on any atom is 0.343 e. The Kier molecular flexibility index (Phi) is 3.82. The molecule has 2 N–H and O–H groups in total. The number of nitrogens with zero attached hydrogens (tertiary/aromatic N) is 1. The van der Waals surface area contributed by atoms with Gasteiger partial charge in [0.2, 0.25) is 0 Å². The molecule has 0 aromatic carbocycles. The maximum atomic E-state index is 11.5. The standard InChI is InChI=1S/C11H16N2O3/c1-4-6(2)5-8-12-7(3)9(11(15)16)10(14)13-8/h6H,4-5H2,1-3H3,(H,15,16)(H,12,13,14). The van der Waals surface area contributed by atoms with Crippen LogP contribution in [0.15, 0.2) is 4.79 Å². The number of rotatable bonds is 4. The van der Waals surface area contributed by atoms with Crippen molar-refractivity contribution < 1.29 is 9.90 Å². The van der Waals surface area contributed by atoms with Crippen LogP contribution in [0.4, 0.5) is 0 Å². The van der Waals surface area contributed by atoms with Crippen LogP contribution in [0, 0.1) is 12.8 Å². The molecule has 0 saturated heterocycles. The Balaban J connectivity index is 3.10. The van der Waals surface area contributed by atoms with Crippen LogP contribution in [0.3, 0.4) is 0 Å². The predicted molar refractivity (Wildman–Crippen MR) is 59.7 cm³/mol. The first-order chi connectivity index (χ1) is 7.45. The van der Waals surface area contributed by atoms with Crippen molar-refractivity contribution in [1.29, 1.82) is 0 Å². The normalized spacial score (nSPS) is 12.4. The van der Waals surface area contributed by atoms with E-state index in [4.69, 9.17) is 5.11 Å². The molecule has 0 aliphatic carbocycles. The van der Waals surface area contributed by atoms with Gasteiger partial charge in [0.25, 0.3) is 5.56 Å². The minimum atomic E-state index is -1.23. The summed E-state index contributed by atoms with van der Waals surface area (Å²) in [6.07, 6.45) is 1.65. The Morgan fingerprint density at radius 2 is 2.19 bits per heavy atom. The predicted octanol–water partition coefficient (Wildman–Crippen LogP) is 1.37. The molecule has 0 amide bonds. The number of aryl methyl sites for hydroxylation is 1. The van der Waals surface area contributed by atoms with Crippen molar-refractivity contribution in [3.05, 3.63) is 27.4 Å². The van der Waals surface area contributed by atoms with Gasteiger partial charge >= 0.3 is 5.97 Å². The van der Waals surface area contributed by atoms with E-state index in [0.717, 1.165) is 6.42 Å². The van der Waals surface area contributed by atoms with Crippen molar-refractivity contribution in [1.82, 2.24) is 9.97 Å². The van der Waals surface area contributed by atoms with Crippen LogP contribution in [0.1, 0.15) is 42.1 Å². The van der Waals surface area contributed by atoms with Gasteiger partial charge in [-0.1, -0.05) is 20.3 Å². The van der Waals surface area contributed by atoms with Gasteiger partial charge in [-0.3, -0.25) is 4.79 Å². The lowest BCUT2D eigenvalue weighted by molar-refractivity contribution is 0.0693. The van der Waals surface area contributed by atoms with E-state index in [-0.39, 0.29) is 11.3 Å². The third-order valence-corrected chi connectivity index (χ3v) is 2.60. The van der Waals surface area contributed by atoms with Crippen LogP contribution < -0.4 is 5.56 Å². The second kappa shape index (κ2) is 4.92. The molecule has 1 aromatic rings. The third kappa shape index (κ3) is 2.68. The molecule has 0 bridgehead atoms. The smallest absolute Gasteiger partial charge is 0.343 e. The molecular formula is C11H16N2O3. The Bertz CT molecular complexity index is 451. The minimum absolute atomic E-state index is 0.270. The van der Waals surface area contributed by atoms with Crippen molar-refractivity contribution in [3.8, 4) is 0 Å². The molecule has 0 spiro atoms. The molecule has 1 unspecified atom stereocenters. The molecule has 0 fully saturated rings. The van der Waals surface area contributed by atoms with Crippen LogP contribution in [0.2, 0.25) is 0 Å². The zero-order chi connectivity index (χ0) is 12.3. The first kappa shape index (κ1) is 12.4. The molecule has 5 heteroatoms. The maximum absolute atomic E-state index is 11.5. The number of nitrogens with one attached hydrogen (secondary N) is 1. The highest BCUT2D eigenvalue weighted by Gasteiger charge is 2.15. The number of H-pyrrole nitrogens is 1. The lowest BCUT2D eigenvalue weighted by Crippen LogP contribution is -2.23. The molecule has 1 atom stereocenters. The van der Waals surface area contributed by atoms with E-state index in [2.05, 4.69) is 23.8 Å². The van der Waals surface area contributed by atoms with Crippen molar-refractivity contribution in [3.63, 3.8) is 0 Å². The SMILES string of the molecule is CCC(C)Cc1nc(C)c(C(=O)O)c(=O)[nH]1. The number of carboxylic acids is 1. The summed E-state index contributed by atoms with van der Waals surface area (Å²) < 4.78 is 0. The fourth-order valence-corrected chi connectivity index (χ4v) is 1.47. The first-order valence-electron chi connectivity index (χ1n) is 5.28. The molecule has 88 valence electrons. The van der Waals surface area contributed by atoms with Gasteiger partial charge in [0.1, 0.15) is 11.4 Å². The second-order valence-electron chi connectivity index (χ2n) is 4.00. The number of hydrogen-bond acceptors (Lipinski definition) is 3. The lowest BCUT2D eigenvalue weighted by atomic mass is 10.0. The highest BCUT2D eigenvalue weighted by atomic mass is 16.4. The zero-order valence-corrected chi connectivity index (χ0v) is 9.70. The highest BCUT2D eigenvalue weighted by Crippen LogP contribution is 2.08. The van der Waals surface area contributed by atoms with Crippen molar-refractivity contribution in [2.24, 2.45) is 5.92 Å². The topological polar surface area (TPSA) is 83.0 Å². The molecule has 0 aliphatic heterocycles. The summed E-state index contributed by atoms with van der Waals surface area (Å²) in [5.41, 5.74) is -0.569. The summed E-state index contributed by atoms with van der Waals surface area (Å²) in [7, 11) is 0. The third-order valence-electron chi connectivity index (χ3n) is 2.60. The lowest BCUT2D eigenvalue weighted by Gasteiger charge is -2.08. The van der Waals surface area contributed by atoms with Gasteiger partial charge in [0.15, 0.2) is 0 Å². The molecule has 5 nitrogen and oxygen atoms in total. The highest BCUT2D eigenvalue weighted by molar-refractivity contribution is 5.88. The van der Waals surface area contributed by atoms with Gasteiger partial charge in [-0.15, -0.1) is 0 Å². The van der Waals surface area contributed by atoms with Crippen molar-refractivity contribution >= 4 is 5.97 Å². The largest absolute Gasteiger partial charge is 0.477 e. The van der Waals surface area contributed by atoms with Crippen LogP contribution in [-0.4, -0.2) is 21.0 Å². The van der Waals surface area contributed by atoms with E-state index < -0.39 is 11.5 Å². The summed E-state index contributed by atoms with van der Waals surface area (Å²) >= 11 is 0. The molecule has 1 rings (SSSR count). The monoisotopic (exact) mass is 224 g/mol. The molecule has 0 radical (unpaired) electrons. The van der Waals surface area contributed by atoms with Crippen LogP contribution in [-0.2, 0) is 6.42 Å². The molecule has 0 aliphatic rings. The number of aromatic carboxylic acids is 1. The Labute approximate surface area is 93.5 Å². The average molecular weight is 224 g/mol. The summed E-state index contributed by atoms with van der Waals surface area (Å²) in [4.78, 5) is 28.9. The average Bonchev–Trinajstić information content (AvgIpc) is 2.15. The Morgan fingerprint density at radius 3 is 2.62 bits per heavy atom. The summed E-state index contributed by atoms with van der Waals surface area (Å²) in [6.45, 7) is 5.65. The second-order valence-corrected chi connectivity index (χ2v) is 4.00. The van der Waals surface area contributed by atoms with Crippen molar-refractivity contribution in [2.75, 3.05) is 0 Å². The van der Waals surface area contributed by atoms with Crippen molar-refractivity contribution in [2.45, 2.75) is 33.6 Å². The van der Waals surface area contributed by atoms with Gasteiger partial charge in [0.05, 0.1) is 5.69 Å². The molecule has 1 heterocycles. The van der Waals surface area contributed by atoms with E-state index in [1.165, 1.54) is 0 Å². The molecule has 0 saturated carbocycles. The molecular weight excluding hydrogens is 208 g/mol. The summed E-state index contributed by atoms with van der Waals surface area (Å²) in [5.74, 6) is -0.263. The van der Waals surface area contributed by atoms with E-state index in [0.29, 0.717) is 18.2 Å². The van der Waals surface area contributed by atoms with E-state index in [1.54, 1.807) is 6.92 Å². The summed E-state index contributed by atoms with van der Waals surface area (Å²) in [6, 6.07) is 0. The van der Waals surface area contributed by atoms with E-state index in [9.17, 15) is 9.59 Å². The van der Waals surface area contributed by atoms with Gasteiger partial charge < -0.3 is 10.1 Å². The minimum Gasteiger partial charge on any atom is -0.477 e. The number of hydrogen-bond donors (Lipinski definition) is 2. The number of aromatic nitrogens is 2. The van der Waals surface area contributed by atoms with Crippen LogP contribution in [0.25, 0.3) is 0 Å². The summed E-state index contributed by atoms with van der Waals surface area (Å²) in [5, 5.41) is 8.81. The zero-order valence-electron chi connectivity index (χ0n) is 9.70. The van der Waals surface area contributed by atoms with Gasteiger partial charge in [0, 0.05) is 6.42 Å². The van der Waals surface area contributed by atoms with Gasteiger partial charge in [-0.25, -0.2) is 9.78 Å². The fourth-order valence-electron chi connectivity index (χ4n) is 1.47. The van der Waals surface area contributed by atoms with Gasteiger partial charge in [-0.05, 0) is 12.8 Å². The molecule has 1 aromatic heterocycles. The van der Waals surface area contributed by atoms with Crippen LogP contribution >= 0.6 is 0 Å². The van der Waals surface area contributed by atoms with Gasteiger partial charge in [-0.2, -0.15) is 0 Å². The molecule has 16 heavy (non-hydrogen) atoms. The Hall–Kier alpha value is -1.65. The fraction of sp³-hybridized carbons (Fsp3) is 0.545. The number of aromatic amines is 1. The van der Waals surface area contributed by atoms with E-state index >= 15 is 0 Å². The Morgan fingerprint density at radius 1 is 1.56 bits per heavy atom. The number of carboxylic acid groups (broad SMARTS) is 1. The quantitative estimate of drug-likeness (QED) is 0.809. The van der Waals surface area contributed by atoms with E-state index in [1.807, 2.05) is 0 Å². The number of carbonyl (C=O) groups is 1. The first-order valence-corrected chi connectivity index (χ1v) is 5.28. The van der Waals surface area contributed by atoms with Crippen LogP contribution in [0.5, 0.6) is 0 Å².